The van der Waals surface area contributed by atoms with Gasteiger partial charge in [0, 0.05) is 28.7 Å². The third-order valence-electron chi connectivity index (χ3n) is 6.55. The number of nitrogens with zero attached hydrogens (tertiary/aromatic N) is 3. The zero-order chi connectivity index (χ0) is 27.6. The number of pyridine rings is 1. The van der Waals surface area contributed by atoms with E-state index in [0.29, 0.717) is 16.3 Å². The number of urea groups is 1. The largest absolute Gasteiger partial charge is 0.335 e. The summed E-state index contributed by atoms with van der Waals surface area (Å²) >= 11 is 6.22. The van der Waals surface area contributed by atoms with Gasteiger partial charge in [-0.1, -0.05) is 72.3 Å². The molecule has 1 saturated heterocycles. The molecule has 0 saturated carbocycles. The van der Waals surface area contributed by atoms with Crippen LogP contribution in [-0.2, 0) is 9.59 Å². The average molecular weight is 545 g/mol. The molecule has 3 heterocycles. The van der Waals surface area contributed by atoms with Gasteiger partial charge in [-0.05, 0) is 59.7 Å². The van der Waals surface area contributed by atoms with E-state index >= 15 is 0 Å². The SMILES string of the molecule is O=C1NC(=O)N(c2ccncc2)C(=O)/C1=C\c1cc(-c2ccccc2)n(-c2ccc(Cl)cc2)c1-c1ccccc1. The fourth-order valence-corrected chi connectivity index (χ4v) is 4.88. The van der Waals surface area contributed by atoms with Crippen molar-refractivity contribution in [3.05, 3.63) is 132 Å². The van der Waals surface area contributed by atoms with Crippen LogP contribution in [-0.4, -0.2) is 27.4 Å². The van der Waals surface area contributed by atoms with Crippen LogP contribution in [0.3, 0.4) is 0 Å². The molecule has 3 aromatic carbocycles. The highest BCUT2D eigenvalue weighted by Crippen LogP contribution is 2.38. The predicted octanol–water partition coefficient (Wildman–Crippen LogP) is 6.53. The van der Waals surface area contributed by atoms with Gasteiger partial charge in [-0.3, -0.25) is 19.9 Å². The maximum atomic E-state index is 13.6. The molecule has 8 heteroatoms. The van der Waals surface area contributed by atoms with Crippen molar-refractivity contribution in [2.45, 2.75) is 0 Å². The Morgan fingerprint density at radius 1 is 0.725 bits per heavy atom. The second-order valence-electron chi connectivity index (χ2n) is 9.04. The highest BCUT2D eigenvalue weighted by Gasteiger charge is 2.37. The minimum atomic E-state index is -0.814. The number of hydrogen-bond donors (Lipinski definition) is 1. The van der Waals surface area contributed by atoms with E-state index in [4.69, 9.17) is 11.6 Å². The summed E-state index contributed by atoms with van der Waals surface area (Å²) in [6.07, 6.45) is 4.49. The second-order valence-corrected chi connectivity index (χ2v) is 9.48. The number of rotatable bonds is 5. The van der Waals surface area contributed by atoms with Crippen LogP contribution >= 0.6 is 11.6 Å². The van der Waals surface area contributed by atoms with E-state index in [1.807, 2.05) is 91.0 Å². The summed E-state index contributed by atoms with van der Waals surface area (Å²) in [5, 5.41) is 2.90. The van der Waals surface area contributed by atoms with E-state index in [0.717, 1.165) is 33.1 Å². The molecule has 194 valence electrons. The lowest BCUT2D eigenvalue weighted by Crippen LogP contribution is -2.54. The maximum Gasteiger partial charge on any atom is 0.335 e. The highest BCUT2D eigenvalue weighted by molar-refractivity contribution is 6.39. The van der Waals surface area contributed by atoms with Crippen LogP contribution in [0.4, 0.5) is 10.5 Å². The quantitative estimate of drug-likeness (QED) is 0.201. The molecule has 4 amide bonds. The van der Waals surface area contributed by atoms with Gasteiger partial charge in [-0.25, -0.2) is 9.69 Å². The van der Waals surface area contributed by atoms with Crippen molar-refractivity contribution in [1.82, 2.24) is 14.9 Å². The zero-order valence-electron chi connectivity index (χ0n) is 21.0. The Balaban J connectivity index is 1.60. The van der Waals surface area contributed by atoms with Gasteiger partial charge in [0.05, 0.1) is 17.1 Å². The summed E-state index contributed by atoms with van der Waals surface area (Å²) in [6.45, 7) is 0. The first-order chi connectivity index (χ1) is 19.5. The summed E-state index contributed by atoms with van der Waals surface area (Å²) in [6, 6.07) is 31.2. The average Bonchev–Trinajstić information content (AvgIpc) is 3.36. The summed E-state index contributed by atoms with van der Waals surface area (Å²) < 4.78 is 2.07. The number of amides is 4. The number of nitrogens with one attached hydrogen (secondary N) is 1. The Bertz CT molecular complexity index is 1760. The summed E-state index contributed by atoms with van der Waals surface area (Å²) in [5.41, 5.74) is 5.04. The van der Waals surface area contributed by atoms with Crippen LogP contribution in [0.25, 0.3) is 34.3 Å². The number of halogens is 1. The first-order valence-electron chi connectivity index (χ1n) is 12.5. The van der Waals surface area contributed by atoms with Gasteiger partial charge in [0.2, 0.25) is 0 Å². The zero-order valence-corrected chi connectivity index (χ0v) is 21.7. The fourth-order valence-electron chi connectivity index (χ4n) is 4.75. The van der Waals surface area contributed by atoms with Crippen molar-refractivity contribution in [2.75, 3.05) is 4.90 Å². The molecule has 0 unspecified atom stereocenters. The summed E-state index contributed by atoms with van der Waals surface area (Å²) in [5.74, 6) is -1.49. The molecule has 1 aliphatic heterocycles. The van der Waals surface area contributed by atoms with E-state index < -0.39 is 17.8 Å². The van der Waals surface area contributed by atoms with Crippen molar-refractivity contribution in [3.8, 4) is 28.2 Å². The summed E-state index contributed by atoms with van der Waals surface area (Å²) in [7, 11) is 0. The molecule has 1 fully saturated rings. The standard InChI is InChI=1S/C32H21ClN4O3/c33-24-11-13-25(14-12-24)36-28(21-7-3-1-4-8-21)20-23(29(36)22-9-5-2-6-10-22)19-27-30(38)35-32(40)37(31(27)39)26-15-17-34-18-16-26/h1-20H,(H,35,38,40)/b27-19-. The molecule has 2 aromatic heterocycles. The number of aromatic nitrogens is 2. The lowest BCUT2D eigenvalue weighted by molar-refractivity contribution is -0.122. The van der Waals surface area contributed by atoms with E-state index in [9.17, 15) is 14.4 Å². The first kappa shape index (κ1) is 25.0. The molecule has 0 radical (unpaired) electrons. The molecule has 1 aliphatic rings. The Morgan fingerprint density at radius 3 is 2.00 bits per heavy atom. The fraction of sp³-hybridized carbons (Fsp3) is 0. The molecule has 5 aromatic rings. The van der Waals surface area contributed by atoms with E-state index in [2.05, 4.69) is 14.9 Å². The lowest BCUT2D eigenvalue weighted by atomic mass is 10.0. The predicted molar refractivity (Wildman–Crippen MR) is 155 cm³/mol. The lowest BCUT2D eigenvalue weighted by Gasteiger charge is -2.26. The normalized spacial score (nSPS) is 14.5. The van der Waals surface area contributed by atoms with Gasteiger partial charge in [0.15, 0.2) is 0 Å². The Morgan fingerprint density at radius 2 is 1.35 bits per heavy atom. The number of hydrogen-bond acceptors (Lipinski definition) is 4. The maximum absolute atomic E-state index is 13.6. The molecule has 0 atom stereocenters. The summed E-state index contributed by atoms with van der Waals surface area (Å²) in [4.78, 5) is 44.2. The van der Waals surface area contributed by atoms with Crippen LogP contribution < -0.4 is 10.2 Å². The molecule has 6 rings (SSSR count). The molecule has 0 spiro atoms. The number of anilines is 1. The number of barbiturate groups is 1. The Kier molecular flexibility index (Phi) is 6.56. The molecular formula is C32H21ClN4O3. The van der Waals surface area contributed by atoms with Crippen molar-refractivity contribution < 1.29 is 14.4 Å². The van der Waals surface area contributed by atoms with E-state index in [1.54, 1.807) is 6.08 Å². The highest BCUT2D eigenvalue weighted by atomic mass is 35.5. The van der Waals surface area contributed by atoms with Crippen molar-refractivity contribution >= 4 is 41.2 Å². The Labute approximate surface area is 235 Å². The smallest absolute Gasteiger partial charge is 0.309 e. The van der Waals surface area contributed by atoms with Gasteiger partial charge in [-0.15, -0.1) is 0 Å². The van der Waals surface area contributed by atoms with Crippen LogP contribution in [0.2, 0.25) is 5.02 Å². The monoisotopic (exact) mass is 544 g/mol. The minimum absolute atomic E-state index is 0.165. The van der Waals surface area contributed by atoms with Gasteiger partial charge in [-0.2, -0.15) is 0 Å². The van der Waals surface area contributed by atoms with Crippen molar-refractivity contribution in [3.63, 3.8) is 0 Å². The van der Waals surface area contributed by atoms with Crippen LogP contribution in [0.15, 0.2) is 121 Å². The molecule has 7 nitrogen and oxygen atoms in total. The van der Waals surface area contributed by atoms with Gasteiger partial charge in [0.1, 0.15) is 5.57 Å². The number of benzene rings is 3. The molecule has 40 heavy (non-hydrogen) atoms. The second kappa shape index (κ2) is 10.5. The van der Waals surface area contributed by atoms with Crippen molar-refractivity contribution in [1.29, 1.82) is 0 Å². The number of carbonyl (C=O) groups excluding carboxylic acids is 3. The topological polar surface area (TPSA) is 84.3 Å². The first-order valence-corrected chi connectivity index (χ1v) is 12.8. The Hall–Kier alpha value is -5.27. The minimum Gasteiger partial charge on any atom is -0.309 e. The van der Waals surface area contributed by atoms with E-state index in [1.165, 1.54) is 24.5 Å². The molecular weight excluding hydrogens is 524 g/mol. The van der Waals surface area contributed by atoms with Gasteiger partial charge in [0.25, 0.3) is 11.8 Å². The number of carbonyl (C=O) groups is 3. The van der Waals surface area contributed by atoms with Crippen LogP contribution in [0, 0.1) is 0 Å². The third-order valence-corrected chi connectivity index (χ3v) is 6.81. The van der Waals surface area contributed by atoms with Crippen molar-refractivity contribution in [2.24, 2.45) is 0 Å². The molecule has 0 aliphatic carbocycles. The van der Waals surface area contributed by atoms with Crippen LogP contribution in [0.5, 0.6) is 0 Å². The number of imide groups is 2. The molecule has 0 bridgehead atoms. The molecule has 1 N–H and O–H groups in total. The van der Waals surface area contributed by atoms with Gasteiger partial charge >= 0.3 is 6.03 Å². The third kappa shape index (κ3) is 4.59. The van der Waals surface area contributed by atoms with Crippen LogP contribution in [0.1, 0.15) is 5.56 Å². The van der Waals surface area contributed by atoms with Gasteiger partial charge < -0.3 is 4.57 Å². The van der Waals surface area contributed by atoms with E-state index in [-0.39, 0.29) is 5.57 Å².